The number of sulfonamides is 1. The number of ether oxygens (including phenoxy) is 2. The van der Waals surface area contributed by atoms with E-state index < -0.39 is 37.7 Å². The fourth-order valence-electron chi connectivity index (χ4n) is 1.76. The Labute approximate surface area is 155 Å². The van der Waals surface area contributed by atoms with Crippen LogP contribution in [-0.2, 0) is 30.8 Å². The molecule has 1 unspecified atom stereocenters. The fourth-order valence-corrected chi connectivity index (χ4v) is 3.64. The van der Waals surface area contributed by atoms with E-state index in [1.165, 1.54) is 32.6 Å². The summed E-state index contributed by atoms with van der Waals surface area (Å²) in [6.07, 6.45) is 0. The van der Waals surface area contributed by atoms with Gasteiger partial charge < -0.3 is 23.9 Å². The van der Waals surface area contributed by atoms with E-state index in [1.807, 2.05) is 0 Å². The van der Waals surface area contributed by atoms with E-state index in [9.17, 15) is 22.8 Å². The zero-order valence-electron chi connectivity index (χ0n) is 15.0. The molecule has 12 heteroatoms. The molecular weight excluding hydrogens is 388 g/mol. The molecule has 0 aliphatic carbocycles. The largest absolute Gasteiger partial charge is 0.504 e. The van der Waals surface area contributed by atoms with Crippen molar-refractivity contribution in [3.8, 4) is 17.2 Å². The molecule has 1 atom stereocenters. The summed E-state index contributed by atoms with van der Waals surface area (Å²) in [6.45, 7) is 0.803. The standard InChI is InChI=1S/C14H24N2O8S2/c1-15(5-7-22-3)25(19)24-11-9-12(17)14(18)13(10-11)26(20,21)16(2)6-8-23-4/h9-10,17-18H,5-8H2,1-4H3. The zero-order valence-corrected chi connectivity index (χ0v) is 16.7. The van der Waals surface area contributed by atoms with Gasteiger partial charge in [-0.2, -0.15) is 12.8 Å². The van der Waals surface area contributed by atoms with Gasteiger partial charge in [0.2, 0.25) is 10.0 Å². The number of phenols is 2. The van der Waals surface area contributed by atoms with Crippen LogP contribution in [0.5, 0.6) is 17.2 Å². The van der Waals surface area contributed by atoms with E-state index >= 15 is 0 Å². The van der Waals surface area contributed by atoms with Crippen molar-refractivity contribution >= 4 is 21.3 Å². The van der Waals surface area contributed by atoms with Gasteiger partial charge in [0, 0.05) is 53.5 Å². The molecule has 0 aromatic heterocycles. The van der Waals surface area contributed by atoms with E-state index in [4.69, 9.17) is 13.7 Å². The maximum absolute atomic E-state index is 12.6. The Kier molecular flexibility index (Phi) is 8.73. The molecule has 1 aromatic carbocycles. The van der Waals surface area contributed by atoms with E-state index in [-0.39, 0.29) is 18.9 Å². The second-order valence-corrected chi connectivity index (χ2v) is 8.49. The van der Waals surface area contributed by atoms with Gasteiger partial charge in [0.15, 0.2) is 11.5 Å². The first-order valence-corrected chi connectivity index (χ1v) is 9.93. The van der Waals surface area contributed by atoms with Crippen LogP contribution in [0.2, 0.25) is 0 Å². The van der Waals surface area contributed by atoms with Crippen LogP contribution in [0.4, 0.5) is 0 Å². The fraction of sp³-hybridized carbons (Fsp3) is 0.571. The topological polar surface area (TPSA) is 126 Å². The lowest BCUT2D eigenvalue weighted by Crippen LogP contribution is -2.30. The summed E-state index contributed by atoms with van der Waals surface area (Å²) in [6, 6.07) is 1.97. The van der Waals surface area contributed by atoms with Gasteiger partial charge in [0.25, 0.3) is 11.3 Å². The number of rotatable bonds is 11. The molecule has 1 rings (SSSR count). The third kappa shape index (κ3) is 5.79. The van der Waals surface area contributed by atoms with Gasteiger partial charge in [-0.3, -0.25) is 0 Å². The number of aromatic hydroxyl groups is 2. The van der Waals surface area contributed by atoms with Crippen molar-refractivity contribution < 1.29 is 36.5 Å². The Hall–Kier alpha value is -1.44. The number of hydrogen-bond donors (Lipinski definition) is 2. The molecule has 0 amide bonds. The second kappa shape index (κ2) is 10.0. The Morgan fingerprint density at radius 3 is 2.23 bits per heavy atom. The zero-order chi connectivity index (χ0) is 19.9. The summed E-state index contributed by atoms with van der Waals surface area (Å²) in [7, 11) is 1.61. The molecule has 0 aliphatic heterocycles. The smallest absolute Gasteiger partial charge is 0.290 e. The van der Waals surface area contributed by atoms with Crippen molar-refractivity contribution in [3.63, 3.8) is 0 Å². The molecule has 2 N–H and O–H groups in total. The Morgan fingerprint density at radius 2 is 1.65 bits per heavy atom. The van der Waals surface area contributed by atoms with Crippen molar-refractivity contribution in [2.24, 2.45) is 0 Å². The molecule has 10 nitrogen and oxygen atoms in total. The van der Waals surface area contributed by atoms with Gasteiger partial charge in [0.05, 0.1) is 13.2 Å². The Balaban J connectivity index is 3.11. The third-order valence-corrected chi connectivity index (χ3v) is 6.26. The highest BCUT2D eigenvalue weighted by atomic mass is 32.2. The van der Waals surface area contributed by atoms with E-state index in [1.54, 1.807) is 0 Å². The average molecular weight is 412 g/mol. The van der Waals surface area contributed by atoms with Crippen LogP contribution in [0.15, 0.2) is 17.0 Å². The molecule has 1 aromatic rings. The summed E-state index contributed by atoms with van der Waals surface area (Å²) in [5, 5.41) is 19.8. The first-order valence-electron chi connectivity index (χ1n) is 7.46. The quantitative estimate of drug-likeness (QED) is 0.483. The number of nitrogens with zero attached hydrogens (tertiary/aromatic N) is 2. The van der Waals surface area contributed by atoms with Crippen LogP contribution in [0.1, 0.15) is 0 Å². The van der Waals surface area contributed by atoms with E-state index in [2.05, 4.69) is 0 Å². The SMILES string of the molecule is COCCN(C)S(=O)Oc1cc(O)c(O)c(S(=O)(=O)N(C)CCOC)c1. The summed E-state index contributed by atoms with van der Waals surface area (Å²) >= 11 is -1.95. The van der Waals surface area contributed by atoms with Crippen LogP contribution in [-0.4, -0.2) is 86.1 Å². The molecule has 0 fully saturated rings. The number of hydrogen-bond acceptors (Lipinski definition) is 8. The van der Waals surface area contributed by atoms with Crippen LogP contribution in [0.3, 0.4) is 0 Å². The first kappa shape index (κ1) is 22.6. The van der Waals surface area contributed by atoms with Crippen LogP contribution >= 0.6 is 0 Å². The molecule has 0 radical (unpaired) electrons. The molecule has 0 spiro atoms. The lowest BCUT2D eigenvalue weighted by molar-refractivity contribution is 0.184. The maximum atomic E-state index is 12.6. The van der Waals surface area contributed by atoms with E-state index in [0.29, 0.717) is 13.2 Å². The second-order valence-electron chi connectivity index (χ2n) is 5.25. The number of methoxy groups -OCH3 is 2. The van der Waals surface area contributed by atoms with Crippen LogP contribution in [0.25, 0.3) is 0 Å². The average Bonchev–Trinajstić information content (AvgIpc) is 2.59. The normalized spacial score (nSPS) is 13.3. The molecule has 0 saturated heterocycles. The highest BCUT2D eigenvalue weighted by Crippen LogP contribution is 2.38. The Morgan fingerprint density at radius 1 is 1.08 bits per heavy atom. The number of phenolic OH excluding ortho intramolecular Hbond substituents is 2. The summed E-state index contributed by atoms with van der Waals surface area (Å²) in [5.74, 6) is -1.71. The minimum Gasteiger partial charge on any atom is -0.504 e. The highest BCUT2D eigenvalue weighted by Gasteiger charge is 2.27. The third-order valence-electron chi connectivity index (χ3n) is 3.36. The van der Waals surface area contributed by atoms with Gasteiger partial charge in [-0.15, -0.1) is 0 Å². The monoisotopic (exact) mass is 412 g/mol. The van der Waals surface area contributed by atoms with Gasteiger partial charge in [-0.05, 0) is 0 Å². The van der Waals surface area contributed by atoms with Crippen LogP contribution < -0.4 is 4.18 Å². The van der Waals surface area contributed by atoms with Crippen molar-refractivity contribution in [1.82, 2.24) is 8.61 Å². The van der Waals surface area contributed by atoms with Crippen molar-refractivity contribution in [2.45, 2.75) is 4.90 Å². The molecule has 0 saturated carbocycles. The molecule has 0 aliphatic rings. The van der Waals surface area contributed by atoms with Gasteiger partial charge in [-0.25, -0.2) is 8.42 Å². The summed E-state index contributed by atoms with van der Waals surface area (Å²) in [4.78, 5) is -0.567. The number of benzene rings is 1. The van der Waals surface area contributed by atoms with E-state index in [0.717, 1.165) is 16.4 Å². The van der Waals surface area contributed by atoms with Gasteiger partial charge in [-0.1, -0.05) is 0 Å². The van der Waals surface area contributed by atoms with Crippen molar-refractivity contribution in [3.05, 3.63) is 12.1 Å². The maximum Gasteiger partial charge on any atom is 0.290 e. The highest BCUT2D eigenvalue weighted by molar-refractivity contribution is 7.89. The van der Waals surface area contributed by atoms with Crippen molar-refractivity contribution in [1.29, 1.82) is 0 Å². The molecular formula is C14H24N2O8S2. The van der Waals surface area contributed by atoms with Gasteiger partial charge >= 0.3 is 0 Å². The van der Waals surface area contributed by atoms with Crippen molar-refractivity contribution in [2.75, 3.05) is 54.6 Å². The minimum atomic E-state index is -4.13. The lowest BCUT2D eigenvalue weighted by atomic mass is 10.3. The van der Waals surface area contributed by atoms with Crippen LogP contribution in [0, 0.1) is 0 Å². The Bertz CT molecular complexity index is 726. The first-order chi connectivity index (χ1) is 12.1. The summed E-state index contributed by atoms with van der Waals surface area (Å²) < 4.78 is 54.4. The molecule has 26 heavy (non-hydrogen) atoms. The minimum absolute atomic E-state index is 0.0375. The molecule has 150 valence electrons. The summed E-state index contributed by atoms with van der Waals surface area (Å²) in [5.41, 5.74) is 0. The predicted molar refractivity (Wildman–Crippen MR) is 94.7 cm³/mol. The molecule has 0 heterocycles. The van der Waals surface area contributed by atoms with Gasteiger partial charge in [0.1, 0.15) is 10.6 Å². The molecule has 0 bridgehead atoms. The lowest BCUT2D eigenvalue weighted by Gasteiger charge is -2.19. The number of likely N-dealkylation sites (N-methyl/N-ethyl adjacent to an activating group) is 2. The predicted octanol–water partition coefficient (Wildman–Crippen LogP) is -0.0996.